The van der Waals surface area contributed by atoms with Crippen LogP contribution in [0.5, 0.6) is 0 Å². The van der Waals surface area contributed by atoms with E-state index in [0.29, 0.717) is 0 Å². The lowest BCUT2D eigenvalue weighted by Crippen LogP contribution is -1.45. The van der Waals surface area contributed by atoms with E-state index in [1.807, 2.05) is 6.92 Å². The molecule has 0 aliphatic rings. The molecule has 0 fully saturated rings. The molecule has 0 aliphatic heterocycles. The monoisotopic (exact) mass is 96.0 g/mol. The molecular weight excluding hydrogens is 91.5 g/mol. The summed E-state index contributed by atoms with van der Waals surface area (Å²) >= 11 is 0. The number of rotatable bonds is 1. The Hall–Kier alpha value is 0.640. The van der Waals surface area contributed by atoms with Gasteiger partial charge in [-0.2, -0.15) is 0 Å². The minimum absolute atomic E-state index is 1.00. The van der Waals surface area contributed by atoms with Gasteiger partial charge in [0, 0.05) is 5.75 Å². The molecule has 0 aromatic carbocycles. The summed E-state index contributed by atoms with van der Waals surface area (Å²) in [4.78, 5) is 0. The van der Waals surface area contributed by atoms with Crippen molar-refractivity contribution in [3.8, 4) is 0 Å². The smallest absolute Gasteiger partial charge is 0.00568 e. The van der Waals surface area contributed by atoms with Gasteiger partial charge in [0.15, 0.2) is 0 Å². The molecule has 0 bridgehead atoms. The lowest BCUT2D eigenvalue weighted by molar-refractivity contribution is 1.54. The van der Waals surface area contributed by atoms with Gasteiger partial charge in [-0.15, -0.1) is 0 Å². The molecule has 0 N–H and O–H groups in total. The van der Waals surface area contributed by atoms with Crippen LogP contribution in [0.3, 0.4) is 0 Å². The molecule has 0 atom stereocenters. The Bertz CT molecular complexity index is 8.00. The van der Waals surface area contributed by atoms with Crippen molar-refractivity contribution in [1.29, 1.82) is 0 Å². The van der Waals surface area contributed by atoms with Crippen molar-refractivity contribution in [3.05, 3.63) is 0 Å². The molecule has 0 radical (unpaired) electrons. The molecular formula is C2H5ClS. The molecule has 26 valence electrons. The minimum atomic E-state index is 1.00. The van der Waals surface area contributed by atoms with Crippen LogP contribution in [-0.4, -0.2) is 5.75 Å². The van der Waals surface area contributed by atoms with Gasteiger partial charge in [-0.25, -0.2) is 0 Å². The molecule has 0 saturated carbocycles. The van der Waals surface area contributed by atoms with Crippen molar-refractivity contribution in [2.75, 3.05) is 5.75 Å². The van der Waals surface area contributed by atoms with Crippen molar-refractivity contribution >= 4 is 21.7 Å². The van der Waals surface area contributed by atoms with E-state index in [2.05, 4.69) is 0 Å². The van der Waals surface area contributed by atoms with Crippen LogP contribution in [0.1, 0.15) is 6.92 Å². The Labute approximate surface area is 35.0 Å². The molecule has 0 saturated heterocycles. The van der Waals surface area contributed by atoms with Gasteiger partial charge in [0.1, 0.15) is 0 Å². The maximum absolute atomic E-state index is 5.10. The quantitative estimate of drug-likeness (QED) is 0.481. The summed E-state index contributed by atoms with van der Waals surface area (Å²) in [5.74, 6) is 1.00. The Kier molecular flexibility index (Phi) is 4.22. The first kappa shape index (κ1) is 4.64. The fraction of sp³-hybridized carbons (Fsp3) is 1.00. The zero-order valence-electron chi connectivity index (χ0n) is 2.49. The van der Waals surface area contributed by atoms with Gasteiger partial charge in [0.2, 0.25) is 0 Å². The second kappa shape index (κ2) is 3.64. The third kappa shape index (κ3) is 2.64. The predicted octanol–water partition coefficient (Wildman–Crippen LogP) is 1.89. The standard InChI is InChI=1S/C2H5ClS/c1-2-4-3/h2H2,1H3. The number of hydrogen-bond acceptors (Lipinski definition) is 1. The molecule has 0 aromatic rings. The summed E-state index contributed by atoms with van der Waals surface area (Å²) < 4.78 is 0. The molecule has 0 unspecified atom stereocenters. The van der Waals surface area contributed by atoms with Gasteiger partial charge in [-0.3, -0.25) is 0 Å². The minimum Gasteiger partial charge on any atom is -0.0561 e. The number of halogens is 1. The molecule has 0 nitrogen and oxygen atoms in total. The van der Waals surface area contributed by atoms with Crippen molar-refractivity contribution < 1.29 is 0 Å². The summed E-state index contributed by atoms with van der Waals surface area (Å²) in [5, 5.41) is 0. The zero-order chi connectivity index (χ0) is 3.41. The van der Waals surface area contributed by atoms with Crippen LogP contribution in [-0.2, 0) is 0 Å². The van der Waals surface area contributed by atoms with E-state index in [1.165, 1.54) is 11.0 Å². The van der Waals surface area contributed by atoms with Crippen molar-refractivity contribution in [3.63, 3.8) is 0 Å². The molecule has 0 amide bonds. The van der Waals surface area contributed by atoms with E-state index in [9.17, 15) is 0 Å². The van der Waals surface area contributed by atoms with Crippen LogP contribution in [0, 0.1) is 0 Å². The van der Waals surface area contributed by atoms with Gasteiger partial charge < -0.3 is 0 Å². The molecule has 0 heterocycles. The zero-order valence-corrected chi connectivity index (χ0v) is 4.07. The lowest BCUT2D eigenvalue weighted by Gasteiger charge is -1.65. The average Bonchev–Trinajstić information content (AvgIpc) is 1.37. The Morgan fingerprint density at radius 3 is 2.25 bits per heavy atom. The normalized spacial score (nSPS) is 7.50. The maximum atomic E-state index is 5.10. The predicted molar refractivity (Wildman–Crippen MR) is 24.0 cm³/mol. The topological polar surface area (TPSA) is 0 Å². The van der Waals surface area contributed by atoms with Crippen molar-refractivity contribution in [2.24, 2.45) is 0 Å². The largest absolute Gasteiger partial charge is 0.0561 e. The molecule has 2 heteroatoms. The molecule has 0 rings (SSSR count). The summed E-state index contributed by atoms with van der Waals surface area (Å²) in [6.07, 6.45) is 0. The third-order valence-corrected chi connectivity index (χ3v) is 0.982. The first-order valence-electron chi connectivity index (χ1n) is 1.15. The highest BCUT2D eigenvalue weighted by molar-refractivity contribution is 8.21. The van der Waals surface area contributed by atoms with E-state index in [4.69, 9.17) is 10.7 Å². The Morgan fingerprint density at radius 2 is 2.25 bits per heavy atom. The fourth-order valence-corrected chi connectivity index (χ4v) is 0. The van der Waals surface area contributed by atoms with E-state index in [1.54, 1.807) is 0 Å². The van der Waals surface area contributed by atoms with Crippen molar-refractivity contribution in [2.45, 2.75) is 6.92 Å². The van der Waals surface area contributed by atoms with Crippen LogP contribution in [0.15, 0.2) is 0 Å². The first-order chi connectivity index (χ1) is 1.91. The summed E-state index contributed by atoms with van der Waals surface area (Å²) in [6, 6.07) is 0. The summed E-state index contributed by atoms with van der Waals surface area (Å²) in [7, 11) is 6.43. The third-order valence-electron chi connectivity index (χ3n) is 0.109. The highest BCUT2D eigenvalue weighted by Gasteiger charge is 1.59. The van der Waals surface area contributed by atoms with Crippen LogP contribution in [0.4, 0.5) is 0 Å². The van der Waals surface area contributed by atoms with E-state index in [-0.39, 0.29) is 0 Å². The Morgan fingerprint density at radius 1 is 2.00 bits per heavy atom. The summed E-state index contributed by atoms with van der Waals surface area (Å²) in [6.45, 7) is 2.01. The fourth-order valence-electron chi connectivity index (χ4n) is 0. The van der Waals surface area contributed by atoms with E-state index in [0.717, 1.165) is 5.75 Å². The van der Waals surface area contributed by atoms with Gasteiger partial charge in [0.05, 0.1) is 0 Å². The highest BCUT2D eigenvalue weighted by Crippen LogP contribution is 2.01. The first-order valence-corrected chi connectivity index (χ1v) is 2.96. The van der Waals surface area contributed by atoms with Crippen LogP contribution in [0.25, 0.3) is 0 Å². The van der Waals surface area contributed by atoms with Gasteiger partial charge in [0.25, 0.3) is 0 Å². The molecule has 0 aliphatic carbocycles. The van der Waals surface area contributed by atoms with Gasteiger partial charge >= 0.3 is 0 Å². The second-order valence-corrected chi connectivity index (χ2v) is 1.85. The maximum Gasteiger partial charge on any atom is 0.00568 e. The summed E-state index contributed by atoms with van der Waals surface area (Å²) in [5.41, 5.74) is 0. The van der Waals surface area contributed by atoms with Gasteiger partial charge in [-0.05, 0) is 10.7 Å². The molecule has 0 aromatic heterocycles. The SMILES string of the molecule is CCSCl. The number of hydrogen-bond donors (Lipinski definition) is 0. The average molecular weight is 96.6 g/mol. The highest BCUT2D eigenvalue weighted by atomic mass is 35.7. The van der Waals surface area contributed by atoms with Crippen LogP contribution >= 0.6 is 21.7 Å². The Balaban J connectivity index is 1.97. The molecule has 0 spiro atoms. The molecule has 4 heavy (non-hydrogen) atoms. The lowest BCUT2D eigenvalue weighted by atomic mass is 11.0. The van der Waals surface area contributed by atoms with E-state index < -0.39 is 0 Å². The van der Waals surface area contributed by atoms with Gasteiger partial charge in [-0.1, -0.05) is 17.9 Å². The second-order valence-electron chi connectivity index (χ2n) is 0.398. The van der Waals surface area contributed by atoms with Crippen molar-refractivity contribution in [1.82, 2.24) is 0 Å². The van der Waals surface area contributed by atoms with Crippen LogP contribution in [0.2, 0.25) is 0 Å². The van der Waals surface area contributed by atoms with E-state index >= 15 is 0 Å². The van der Waals surface area contributed by atoms with Crippen LogP contribution < -0.4 is 0 Å².